The Kier molecular flexibility index (Phi) is 7.64. The second-order valence-corrected chi connectivity index (χ2v) is 5.86. The van der Waals surface area contributed by atoms with Gasteiger partial charge < -0.3 is 10.2 Å². The summed E-state index contributed by atoms with van der Waals surface area (Å²) < 4.78 is 63.7. The molecule has 10 heteroatoms. The summed E-state index contributed by atoms with van der Waals surface area (Å²) in [7, 11) is 0. The summed E-state index contributed by atoms with van der Waals surface area (Å²) in [6, 6.07) is 14.9. The second kappa shape index (κ2) is 9.77. The van der Waals surface area contributed by atoms with Crippen LogP contribution in [-0.4, -0.2) is 14.9 Å². The van der Waals surface area contributed by atoms with Crippen molar-refractivity contribution >= 4 is 0 Å². The molecule has 2 aromatic carbocycles. The molecule has 156 valence electrons. The van der Waals surface area contributed by atoms with Gasteiger partial charge in [0.05, 0.1) is 0 Å². The van der Waals surface area contributed by atoms with Crippen molar-refractivity contribution in [3.63, 3.8) is 0 Å². The minimum absolute atomic E-state index is 0. The number of hydrogen-bond acceptors (Lipinski definition) is 2. The summed E-state index contributed by atoms with van der Waals surface area (Å²) in [6.07, 6.45) is -1.38. The smallest absolute Gasteiger partial charge is 0.618 e. The fourth-order valence-corrected chi connectivity index (χ4v) is 2.31. The zero-order valence-electron chi connectivity index (χ0n) is 15.2. The monoisotopic (exact) mass is 596 g/mol. The molecule has 4 nitrogen and oxygen atoms in total. The molecule has 0 aliphatic rings. The van der Waals surface area contributed by atoms with E-state index in [4.69, 9.17) is 0 Å². The molecule has 0 aliphatic carbocycles. The minimum atomic E-state index is -4.45. The van der Waals surface area contributed by atoms with E-state index in [1.807, 2.05) is 13.0 Å². The van der Waals surface area contributed by atoms with Crippen LogP contribution in [-0.2, 0) is 26.3 Å². The van der Waals surface area contributed by atoms with Gasteiger partial charge in [0.25, 0.3) is 0 Å². The second-order valence-electron chi connectivity index (χ2n) is 5.86. The summed E-state index contributed by atoms with van der Waals surface area (Å²) >= 11 is 0. The standard InChI is InChI=1S/C11H7F3N2.C9H5F2N2.Ir/c1-7-3-2-4-8(5-7)9-6-10(16-15-9)11(12,13)14;10-7-2-3-9(8(11)6-7)13-5-1-4-12-13;/h2-3,5-6H,1H3;1-2,4-6H;/q-2;-1;+3. The summed E-state index contributed by atoms with van der Waals surface area (Å²) in [5.41, 5.74) is 0.785. The van der Waals surface area contributed by atoms with Gasteiger partial charge in [-0.15, -0.1) is 42.0 Å². The van der Waals surface area contributed by atoms with Gasteiger partial charge in [-0.05, 0) is 11.8 Å². The Balaban J connectivity index is 0.000000211. The van der Waals surface area contributed by atoms with Crippen LogP contribution >= 0.6 is 0 Å². The third-order valence-corrected chi connectivity index (χ3v) is 3.63. The number of benzene rings is 2. The van der Waals surface area contributed by atoms with Gasteiger partial charge in [0, 0.05) is 24.0 Å². The molecule has 0 saturated heterocycles. The van der Waals surface area contributed by atoms with Crippen LogP contribution in [0.3, 0.4) is 0 Å². The van der Waals surface area contributed by atoms with Crippen LogP contribution in [0.1, 0.15) is 11.3 Å². The minimum Gasteiger partial charge on any atom is -0.618 e. The van der Waals surface area contributed by atoms with Gasteiger partial charge in [-0.1, -0.05) is 13.0 Å². The zero-order chi connectivity index (χ0) is 21.0. The molecule has 0 fully saturated rings. The Morgan fingerprint density at radius 3 is 2.43 bits per heavy atom. The Morgan fingerprint density at radius 1 is 1.10 bits per heavy atom. The summed E-state index contributed by atoms with van der Waals surface area (Å²) in [5.74, 6) is -1.32. The number of halogens is 5. The van der Waals surface area contributed by atoms with E-state index in [1.165, 1.54) is 10.9 Å². The van der Waals surface area contributed by atoms with Crippen molar-refractivity contribution in [2.75, 3.05) is 0 Å². The van der Waals surface area contributed by atoms with Crippen LogP contribution < -0.4 is 5.10 Å². The molecule has 0 atom stereocenters. The first-order valence-electron chi connectivity index (χ1n) is 8.17. The van der Waals surface area contributed by atoms with E-state index in [0.717, 1.165) is 23.8 Å². The maximum atomic E-state index is 13.1. The molecule has 0 radical (unpaired) electrons. The van der Waals surface area contributed by atoms with Crippen LogP contribution in [0.2, 0.25) is 0 Å². The van der Waals surface area contributed by atoms with Gasteiger partial charge in [0.2, 0.25) is 0 Å². The first-order chi connectivity index (χ1) is 13.7. The third-order valence-electron chi connectivity index (χ3n) is 3.63. The number of aryl methyl sites for hydroxylation is 1. The predicted molar refractivity (Wildman–Crippen MR) is 93.9 cm³/mol. The van der Waals surface area contributed by atoms with Crippen LogP contribution in [0, 0.1) is 30.7 Å². The van der Waals surface area contributed by atoms with E-state index in [9.17, 15) is 22.0 Å². The molecule has 2 heterocycles. The van der Waals surface area contributed by atoms with Crippen molar-refractivity contribution < 1.29 is 42.1 Å². The molecule has 0 N–H and O–H groups in total. The van der Waals surface area contributed by atoms with E-state index >= 15 is 0 Å². The summed E-state index contributed by atoms with van der Waals surface area (Å²) in [6.45, 7) is 1.85. The van der Waals surface area contributed by atoms with E-state index < -0.39 is 23.5 Å². The first kappa shape index (κ1) is 23.4. The van der Waals surface area contributed by atoms with Gasteiger partial charge in [-0.25, -0.2) is 5.69 Å². The van der Waals surface area contributed by atoms with Crippen molar-refractivity contribution in [2.24, 2.45) is 0 Å². The molecule has 0 unspecified atom stereocenters. The predicted octanol–water partition coefficient (Wildman–Crippen LogP) is 4.78. The zero-order valence-corrected chi connectivity index (χ0v) is 17.6. The Hall–Kier alpha value is -2.84. The van der Waals surface area contributed by atoms with E-state index in [-0.39, 0.29) is 31.5 Å². The number of rotatable bonds is 2. The molecule has 0 aliphatic heterocycles. The van der Waals surface area contributed by atoms with Gasteiger partial charge in [0.15, 0.2) is 0 Å². The molecular formula is C20H12F5IrN4. The van der Waals surface area contributed by atoms with Crippen LogP contribution in [0.4, 0.5) is 22.0 Å². The largest absolute Gasteiger partial charge is 3.00 e. The summed E-state index contributed by atoms with van der Waals surface area (Å²) in [5, 5.41) is 10.4. The number of alkyl halides is 3. The third kappa shape index (κ3) is 5.84. The number of aromatic nitrogens is 4. The van der Waals surface area contributed by atoms with Crippen molar-refractivity contribution in [3.05, 3.63) is 89.9 Å². The maximum absolute atomic E-state index is 13.1. The van der Waals surface area contributed by atoms with Crippen molar-refractivity contribution in [3.8, 4) is 16.9 Å². The first-order valence-corrected chi connectivity index (χ1v) is 8.17. The van der Waals surface area contributed by atoms with Crippen molar-refractivity contribution in [1.29, 1.82) is 0 Å². The van der Waals surface area contributed by atoms with Crippen molar-refractivity contribution in [1.82, 2.24) is 20.0 Å². The Bertz CT molecular complexity index is 1090. The number of nitrogens with zero attached hydrogens (tertiary/aromatic N) is 4. The summed E-state index contributed by atoms with van der Waals surface area (Å²) in [4.78, 5) is 0. The average Bonchev–Trinajstić information content (AvgIpc) is 3.34. The molecule has 30 heavy (non-hydrogen) atoms. The quantitative estimate of drug-likeness (QED) is 0.248. The van der Waals surface area contributed by atoms with Gasteiger partial charge >= 0.3 is 26.3 Å². The fraction of sp³-hybridized carbons (Fsp3) is 0.100. The average molecular weight is 596 g/mol. The maximum Gasteiger partial charge on any atom is 3.00 e. The van der Waals surface area contributed by atoms with Crippen LogP contribution in [0.15, 0.2) is 54.9 Å². The molecular weight excluding hydrogens is 583 g/mol. The van der Waals surface area contributed by atoms with Crippen molar-refractivity contribution in [2.45, 2.75) is 13.1 Å². The molecule has 0 amide bonds. The van der Waals surface area contributed by atoms with Gasteiger partial charge in [-0.2, -0.15) is 29.9 Å². The molecule has 0 spiro atoms. The van der Waals surface area contributed by atoms with E-state index in [0.29, 0.717) is 5.56 Å². The van der Waals surface area contributed by atoms with Crippen LogP contribution in [0.25, 0.3) is 16.9 Å². The molecule has 2 aromatic heterocycles. The molecule has 0 bridgehead atoms. The van der Waals surface area contributed by atoms with E-state index in [1.54, 1.807) is 24.4 Å². The topological polar surface area (TPSA) is 44.8 Å². The Morgan fingerprint density at radius 2 is 1.87 bits per heavy atom. The SMILES string of the molecule is Cc1cc[c-]c(-c2cc(C(F)(F)F)n[n-]2)c1.Fc1c[c-]c(-n2cccn2)c(F)c1.[Ir+3]. The molecule has 4 aromatic rings. The molecule has 0 saturated carbocycles. The normalized spacial score (nSPS) is 10.7. The fourth-order valence-electron chi connectivity index (χ4n) is 2.31. The van der Waals surface area contributed by atoms with E-state index in [2.05, 4.69) is 27.4 Å². The van der Waals surface area contributed by atoms with Crippen LogP contribution in [0.5, 0.6) is 0 Å². The van der Waals surface area contributed by atoms with Gasteiger partial charge in [0.1, 0.15) is 5.69 Å². The van der Waals surface area contributed by atoms with Gasteiger partial charge in [-0.3, -0.25) is 13.5 Å². The Labute approximate surface area is 182 Å². The molecule has 4 rings (SSSR count). The number of hydrogen-bond donors (Lipinski definition) is 0.